The van der Waals surface area contributed by atoms with Crippen LogP contribution in [0.5, 0.6) is 0 Å². The Kier molecular flexibility index (Phi) is 6.96. The topological polar surface area (TPSA) is 57.6 Å². The Labute approximate surface area is 195 Å². The Hall–Kier alpha value is -1.86. The van der Waals surface area contributed by atoms with E-state index in [9.17, 15) is 9.59 Å². The number of thiophene rings is 1. The quantitative estimate of drug-likeness (QED) is 0.640. The van der Waals surface area contributed by atoms with Crippen LogP contribution in [0.25, 0.3) is 10.2 Å². The minimum atomic E-state index is -0.885. The zero-order valence-corrected chi connectivity index (χ0v) is 20.8. The molecular formula is C25H38N4O2S. The second-order valence-electron chi connectivity index (χ2n) is 9.83. The molecule has 0 aromatic carbocycles. The number of carbonyl (C=O) groups is 2. The van der Waals surface area contributed by atoms with Gasteiger partial charge in [-0.1, -0.05) is 20.8 Å². The van der Waals surface area contributed by atoms with Crippen LogP contribution in [0.4, 0.5) is 0 Å². The Morgan fingerprint density at radius 1 is 1.25 bits per heavy atom. The minimum Gasteiger partial charge on any atom is -0.351 e. The summed E-state index contributed by atoms with van der Waals surface area (Å²) in [6, 6.07) is 4.28. The molecule has 176 valence electrons. The summed E-state index contributed by atoms with van der Waals surface area (Å²) in [5.74, 6) is 0.714. The van der Waals surface area contributed by atoms with E-state index in [0.29, 0.717) is 18.8 Å². The highest BCUT2D eigenvalue weighted by atomic mass is 32.1. The predicted molar refractivity (Wildman–Crippen MR) is 131 cm³/mol. The van der Waals surface area contributed by atoms with Crippen LogP contribution in [0.2, 0.25) is 0 Å². The van der Waals surface area contributed by atoms with Gasteiger partial charge in [0.1, 0.15) is 11.2 Å². The summed E-state index contributed by atoms with van der Waals surface area (Å²) in [6.07, 6.45) is 5.24. The van der Waals surface area contributed by atoms with E-state index in [4.69, 9.17) is 0 Å². The van der Waals surface area contributed by atoms with Gasteiger partial charge in [-0.3, -0.25) is 9.59 Å². The predicted octanol–water partition coefficient (Wildman–Crippen LogP) is 4.34. The molecule has 1 atom stereocenters. The Balaban J connectivity index is 1.59. The summed E-state index contributed by atoms with van der Waals surface area (Å²) in [6.45, 7) is 12.6. The second kappa shape index (κ2) is 9.56. The third-order valence-electron chi connectivity index (χ3n) is 7.64. The fraction of sp³-hybridized carbons (Fsp3) is 0.680. The van der Waals surface area contributed by atoms with E-state index in [0.717, 1.165) is 67.9 Å². The smallest absolute Gasteiger partial charge is 0.271 e. The molecule has 2 amide bonds. The van der Waals surface area contributed by atoms with E-state index >= 15 is 0 Å². The molecule has 2 aromatic rings. The van der Waals surface area contributed by atoms with E-state index in [1.54, 1.807) is 11.3 Å². The van der Waals surface area contributed by atoms with Crippen LogP contribution >= 0.6 is 11.3 Å². The maximum atomic E-state index is 13.7. The van der Waals surface area contributed by atoms with Gasteiger partial charge in [0.25, 0.3) is 5.91 Å². The first kappa shape index (κ1) is 23.3. The molecular weight excluding hydrogens is 420 g/mol. The molecule has 1 aliphatic heterocycles. The maximum Gasteiger partial charge on any atom is 0.271 e. The van der Waals surface area contributed by atoms with Gasteiger partial charge >= 0.3 is 0 Å². The van der Waals surface area contributed by atoms with Crippen molar-refractivity contribution in [3.8, 4) is 0 Å². The highest BCUT2D eigenvalue weighted by molar-refractivity contribution is 7.17. The first-order valence-electron chi connectivity index (χ1n) is 12.3. The minimum absolute atomic E-state index is 0.00373. The molecule has 1 fully saturated rings. The second-order valence-corrected chi connectivity index (χ2v) is 10.8. The average molecular weight is 459 g/mol. The van der Waals surface area contributed by atoms with Crippen molar-refractivity contribution in [1.82, 2.24) is 19.7 Å². The van der Waals surface area contributed by atoms with Crippen molar-refractivity contribution in [3.05, 3.63) is 23.2 Å². The van der Waals surface area contributed by atoms with Gasteiger partial charge in [0.2, 0.25) is 5.91 Å². The van der Waals surface area contributed by atoms with Gasteiger partial charge < -0.3 is 19.7 Å². The molecule has 6 nitrogen and oxygen atoms in total. The van der Waals surface area contributed by atoms with E-state index in [2.05, 4.69) is 47.0 Å². The fourth-order valence-corrected chi connectivity index (χ4v) is 6.18. The lowest BCUT2D eigenvalue weighted by atomic mass is 9.86. The molecule has 1 unspecified atom stereocenters. The molecule has 0 saturated heterocycles. The van der Waals surface area contributed by atoms with Crippen molar-refractivity contribution in [3.63, 3.8) is 0 Å². The lowest BCUT2D eigenvalue weighted by Gasteiger charge is -2.45. The van der Waals surface area contributed by atoms with Crippen LogP contribution in [-0.4, -0.2) is 63.9 Å². The van der Waals surface area contributed by atoms with E-state index in [1.807, 2.05) is 17.9 Å². The summed E-state index contributed by atoms with van der Waals surface area (Å²) >= 11 is 1.65. The molecule has 32 heavy (non-hydrogen) atoms. The van der Waals surface area contributed by atoms with Gasteiger partial charge in [-0.15, -0.1) is 11.3 Å². The van der Waals surface area contributed by atoms with Crippen molar-refractivity contribution < 1.29 is 9.59 Å². The van der Waals surface area contributed by atoms with Gasteiger partial charge in [-0.05, 0) is 82.1 Å². The Bertz CT molecular complexity index is 954. The average Bonchev–Trinajstić information content (AvgIpc) is 3.37. The molecule has 1 aliphatic carbocycles. The van der Waals surface area contributed by atoms with Gasteiger partial charge in [0.05, 0.1) is 16.8 Å². The van der Waals surface area contributed by atoms with Crippen molar-refractivity contribution in [2.24, 2.45) is 5.92 Å². The third-order valence-corrected chi connectivity index (χ3v) is 8.49. The molecule has 0 bridgehead atoms. The molecule has 2 aliphatic rings. The zero-order chi connectivity index (χ0) is 22.9. The molecule has 0 radical (unpaired) electrons. The lowest BCUT2D eigenvalue weighted by molar-refractivity contribution is -0.133. The first-order chi connectivity index (χ1) is 15.4. The van der Waals surface area contributed by atoms with Crippen LogP contribution in [0.15, 0.2) is 17.5 Å². The van der Waals surface area contributed by atoms with Gasteiger partial charge in [0, 0.05) is 12.6 Å². The van der Waals surface area contributed by atoms with Crippen LogP contribution in [0, 0.1) is 5.92 Å². The number of hydrogen-bond donors (Lipinski definition) is 1. The van der Waals surface area contributed by atoms with Gasteiger partial charge in [0.15, 0.2) is 0 Å². The highest BCUT2D eigenvalue weighted by Gasteiger charge is 2.48. The molecule has 2 aromatic heterocycles. The summed E-state index contributed by atoms with van der Waals surface area (Å²) in [5.41, 5.74) is 0.891. The number of aromatic nitrogens is 1. The molecule has 1 saturated carbocycles. The summed E-state index contributed by atoms with van der Waals surface area (Å²) in [5, 5.41) is 5.39. The summed E-state index contributed by atoms with van der Waals surface area (Å²) in [7, 11) is 0. The number of nitrogens with zero attached hydrogens (tertiary/aromatic N) is 3. The molecule has 3 heterocycles. The van der Waals surface area contributed by atoms with Crippen LogP contribution in [0.1, 0.15) is 70.3 Å². The van der Waals surface area contributed by atoms with Crippen LogP contribution in [0.3, 0.4) is 0 Å². The maximum absolute atomic E-state index is 13.7. The fourth-order valence-electron chi connectivity index (χ4n) is 5.36. The van der Waals surface area contributed by atoms with Crippen molar-refractivity contribution in [1.29, 1.82) is 0 Å². The van der Waals surface area contributed by atoms with Crippen LogP contribution < -0.4 is 5.32 Å². The number of rotatable bonds is 8. The van der Waals surface area contributed by atoms with E-state index in [1.165, 1.54) is 0 Å². The SMILES string of the molecule is CCN(CC)CCCN1C(=O)c2cc3sccc3n2CC1(C)C(=O)NC1CCC(C)CC1. The highest BCUT2D eigenvalue weighted by Crippen LogP contribution is 2.35. The number of nitrogens with one attached hydrogen (secondary N) is 1. The lowest BCUT2D eigenvalue weighted by Crippen LogP contribution is -2.65. The Morgan fingerprint density at radius 3 is 2.66 bits per heavy atom. The number of fused-ring (bicyclic) bond motifs is 3. The van der Waals surface area contributed by atoms with Crippen LogP contribution in [-0.2, 0) is 11.3 Å². The summed E-state index contributed by atoms with van der Waals surface area (Å²) < 4.78 is 3.18. The molecule has 4 rings (SSSR count). The molecule has 1 N–H and O–H groups in total. The third kappa shape index (κ3) is 4.34. The molecule has 7 heteroatoms. The normalized spacial score (nSPS) is 26.0. The van der Waals surface area contributed by atoms with Gasteiger partial charge in [-0.25, -0.2) is 0 Å². The Morgan fingerprint density at radius 2 is 1.97 bits per heavy atom. The summed E-state index contributed by atoms with van der Waals surface area (Å²) in [4.78, 5) is 31.6. The van der Waals surface area contributed by atoms with E-state index in [-0.39, 0.29) is 17.9 Å². The molecule has 0 spiro atoms. The first-order valence-corrected chi connectivity index (χ1v) is 13.2. The van der Waals surface area contributed by atoms with Gasteiger partial charge in [-0.2, -0.15) is 0 Å². The number of carbonyl (C=O) groups excluding carboxylic acids is 2. The van der Waals surface area contributed by atoms with Crippen molar-refractivity contribution >= 4 is 33.4 Å². The number of amides is 2. The van der Waals surface area contributed by atoms with E-state index < -0.39 is 5.54 Å². The monoisotopic (exact) mass is 458 g/mol. The standard InChI is InChI=1S/C25H38N4O2S/c1-5-27(6-2)13-7-14-29-23(30)21-16-22-20(12-15-32-22)28(21)17-25(29,4)24(31)26-19-10-8-18(3)9-11-19/h12,15-16,18-19H,5-11,13-14,17H2,1-4H3,(H,26,31). The zero-order valence-electron chi connectivity index (χ0n) is 20.0. The largest absolute Gasteiger partial charge is 0.351 e. The number of hydrogen-bond acceptors (Lipinski definition) is 4. The van der Waals surface area contributed by atoms with Crippen molar-refractivity contribution in [2.75, 3.05) is 26.2 Å². The van der Waals surface area contributed by atoms with Crippen molar-refractivity contribution in [2.45, 2.75) is 77.9 Å².